The number of anilines is 1. The second kappa shape index (κ2) is 7.55. The lowest BCUT2D eigenvalue weighted by Crippen LogP contribution is -2.37. The van der Waals surface area contributed by atoms with Crippen LogP contribution in [0.15, 0.2) is 24.3 Å². The molecule has 3 rings (SSSR count). The molecule has 1 fully saturated rings. The van der Waals surface area contributed by atoms with Gasteiger partial charge in [0.1, 0.15) is 6.54 Å². The van der Waals surface area contributed by atoms with Gasteiger partial charge in [0.15, 0.2) is 0 Å². The van der Waals surface area contributed by atoms with E-state index < -0.39 is 24.5 Å². The van der Waals surface area contributed by atoms with Crippen LogP contribution in [-0.4, -0.2) is 55.6 Å². The largest absolute Gasteiger partial charge is 0.406 e. The van der Waals surface area contributed by atoms with Crippen LogP contribution in [-0.2, 0) is 16.0 Å². The Balaban J connectivity index is 1.39. The van der Waals surface area contributed by atoms with E-state index in [1.165, 1.54) is 11.3 Å². The third kappa shape index (κ3) is 4.47. The van der Waals surface area contributed by atoms with Gasteiger partial charge in [0.25, 0.3) is 0 Å². The Morgan fingerprint density at radius 2 is 2.00 bits per heavy atom. The Morgan fingerprint density at radius 3 is 2.77 bits per heavy atom. The van der Waals surface area contributed by atoms with Crippen molar-refractivity contribution in [3.63, 3.8) is 0 Å². The first-order valence-corrected chi connectivity index (χ1v) is 8.78. The van der Waals surface area contributed by atoms with Crippen molar-refractivity contribution < 1.29 is 22.8 Å². The maximum Gasteiger partial charge on any atom is 0.406 e. The van der Waals surface area contributed by atoms with Gasteiger partial charge in [0.2, 0.25) is 11.8 Å². The zero-order valence-electron chi connectivity index (χ0n) is 14.4. The Morgan fingerprint density at radius 1 is 1.23 bits per heavy atom. The van der Waals surface area contributed by atoms with E-state index in [1.54, 1.807) is 0 Å². The summed E-state index contributed by atoms with van der Waals surface area (Å²) in [6.45, 7) is 0.757. The first kappa shape index (κ1) is 18.5. The number of nitrogens with one attached hydrogen (secondary N) is 1. The Labute approximate surface area is 150 Å². The molecule has 0 spiro atoms. The summed E-state index contributed by atoms with van der Waals surface area (Å²) >= 11 is 0. The van der Waals surface area contributed by atoms with Gasteiger partial charge in [-0.05, 0) is 24.5 Å². The topological polar surface area (TPSA) is 52.7 Å². The number of hydrogen-bond donors (Lipinski definition) is 1. The lowest BCUT2D eigenvalue weighted by Gasteiger charge is -2.20. The first-order chi connectivity index (χ1) is 12.3. The molecule has 2 aliphatic rings. The molecule has 2 amide bonds. The summed E-state index contributed by atoms with van der Waals surface area (Å²) in [5.41, 5.74) is 2.55. The minimum Gasteiger partial charge on any atom is -0.371 e. The number of alkyl halides is 3. The molecule has 26 heavy (non-hydrogen) atoms. The highest BCUT2D eigenvalue weighted by Crippen LogP contribution is 2.27. The van der Waals surface area contributed by atoms with Gasteiger partial charge in [-0.1, -0.05) is 18.2 Å². The summed E-state index contributed by atoms with van der Waals surface area (Å²) in [6.07, 6.45) is -2.83. The molecule has 1 atom stereocenters. The summed E-state index contributed by atoms with van der Waals surface area (Å²) in [5.74, 6) is -1.65. The zero-order chi connectivity index (χ0) is 18.7. The van der Waals surface area contributed by atoms with Crippen molar-refractivity contribution in [3.8, 4) is 0 Å². The number of likely N-dealkylation sites (tertiary alicyclic amines) is 1. The second-order valence-electron chi connectivity index (χ2n) is 6.80. The molecule has 0 unspecified atom stereocenters. The van der Waals surface area contributed by atoms with Crippen LogP contribution in [0.25, 0.3) is 0 Å². The number of nitrogens with zero attached hydrogens (tertiary/aromatic N) is 2. The number of rotatable bonds is 6. The van der Waals surface area contributed by atoms with E-state index in [0.29, 0.717) is 11.4 Å². The molecule has 0 saturated carbocycles. The van der Waals surface area contributed by atoms with Gasteiger partial charge in [-0.2, -0.15) is 13.2 Å². The van der Waals surface area contributed by atoms with Crippen molar-refractivity contribution in [2.45, 2.75) is 25.4 Å². The van der Waals surface area contributed by atoms with Gasteiger partial charge >= 0.3 is 6.18 Å². The lowest BCUT2D eigenvalue weighted by molar-refractivity contribution is -0.157. The molecule has 1 saturated heterocycles. The van der Waals surface area contributed by atoms with Crippen LogP contribution >= 0.6 is 0 Å². The van der Waals surface area contributed by atoms with Gasteiger partial charge in [0, 0.05) is 38.3 Å². The van der Waals surface area contributed by atoms with Crippen LogP contribution in [0, 0.1) is 5.92 Å². The summed E-state index contributed by atoms with van der Waals surface area (Å²) in [7, 11) is 0. The first-order valence-electron chi connectivity index (χ1n) is 8.78. The number of halogens is 3. The SMILES string of the molecule is O=C(NCCCN1CCc2ccccc21)[C@H]1CC(=O)N(CC(F)(F)F)C1. The van der Waals surface area contributed by atoms with E-state index in [9.17, 15) is 22.8 Å². The third-order valence-corrected chi connectivity index (χ3v) is 4.84. The van der Waals surface area contributed by atoms with E-state index in [-0.39, 0.29) is 18.9 Å². The van der Waals surface area contributed by atoms with Gasteiger partial charge in [0.05, 0.1) is 5.92 Å². The van der Waals surface area contributed by atoms with Crippen LogP contribution in [0.5, 0.6) is 0 Å². The monoisotopic (exact) mass is 369 g/mol. The normalized spacial score (nSPS) is 19.8. The number of hydrogen-bond acceptors (Lipinski definition) is 3. The fourth-order valence-corrected chi connectivity index (χ4v) is 3.58. The maximum absolute atomic E-state index is 12.4. The molecule has 0 bridgehead atoms. The molecule has 142 valence electrons. The molecule has 2 aliphatic heterocycles. The Bertz CT molecular complexity index is 678. The number of fused-ring (bicyclic) bond motifs is 1. The second-order valence-corrected chi connectivity index (χ2v) is 6.80. The Kier molecular flexibility index (Phi) is 5.38. The van der Waals surface area contributed by atoms with E-state index in [2.05, 4.69) is 22.3 Å². The summed E-state index contributed by atoms with van der Waals surface area (Å²) in [5, 5.41) is 2.75. The zero-order valence-corrected chi connectivity index (χ0v) is 14.4. The van der Waals surface area contributed by atoms with Crippen LogP contribution in [0.4, 0.5) is 18.9 Å². The fraction of sp³-hybridized carbons (Fsp3) is 0.556. The van der Waals surface area contributed by atoms with Gasteiger partial charge < -0.3 is 15.1 Å². The van der Waals surface area contributed by atoms with E-state index in [1.807, 2.05) is 12.1 Å². The van der Waals surface area contributed by atoms with Crippen LogP contribution in [0.2, 0.25) is 0 Å². The fourth-order valence-electron chi connectivity index (χ4n) is 3.58. The number of para-hydroxylation sites is 1. The molecule has 1 aromatic rings. The number of carbonyl (C=O) groups excluding carboxylic acids is 2. The average Bonchev–Trinajstić information content (AvgIpc) is 3.14. The van der Waals surface area contributed by atoms with Crippen LogP contribution < -0.4 is 10.2 Å². The minimum absolute atomic E-state index is 0.151. The molecule has 8 heteroatoms. The van der Waals surface area contributed by atoms with Crippen molar-refractivity contribution in [2.75, 3.05) is 37.6 Å². The summed E-state index contributed by atoms with van der Waals surface area (Å²) < 4.78 is 37.2. The van der Waals surface area contributed by atoms with Crippen molar-refractivity contribution in [2.24, 2.45) is 5.92 Å². The molecule has 2 heterocycles. The van der Waals surface area contributed by atoms with Crippen molar-refractivity contribution in [1.82, 2.24) is 10.2 Å². The van der Waals surface area contributed by atoms with Crippen LogP contribution in [0.1, 0.15) is 18.4 Å². The predicted octanol–water partition coefficient (Wildman–Crippen LogP) is 1.97. The van der Waals surface area contributed by atoms with Crippen molar-refractivity contribution >= 4 is 17.5 Å². The molecule has 1 aromatic carbocycles. The Hall–Kier alpha value is -2.25. The lowest BCUT2D eigenvalue weighted by atomic mass is 10.1. The number of benzene rings is 1. The average molecular weight is 369 g/mol. The highest BCUT2D eigenvalue weighted by Gasteiger charge is 2.40. The number of carbonyl (C=O) groups is 2. The smallest absolute Gasteiger partial charge is 0.371 e. The molecule has 1 N–H and O–H groups in total. The number of amides is 2. The van der Waals surface area contributed by atoms with Gasteiger partial charge in [-0.15, -0.1) is 0 Å². The minimum atomic E-state index is -4.44. The van der Waals surface area contributed by atoms with E-state index in [0.717, 1.165) is 25.9 Å². The molecule has 0 radical (unpaired) electrons. The van der Waals surface area contributed by atoms with Crippen molar-refractivity contribution in [1.29, 1.82) is 0 Å². The van der Waals surface area contributed by atoms with E-state index >= 15 is 0 Å². The molecular weight excluding hydrogens is 347 g/mol. The molecular formula is C18H22F3N3O2. The highest BCUT2D eigenvalue weighted by molar-refractivity contribution is 5.89. The predicted molar refractivity (Wildman–Crippen MR) is 90.7 cm³/mol. The quantitative estimate of drug-likeness (QED) is 0.780. The molecule has 5 nitrogen and oxygen atoms in total. The maximum atomic E-state index is 12.4. The summed E-state index contributed by atoms with van der Waals surface area (Å²) in [6, 6.07) is 8.22. The van der Waals surface area contributed by atoms with Crippen molar-refractivity contribution in [3.05, 3.63) is 29.8 Å². The van der Waals surface area contributed by atoms with E-state index in [4.69, 9.17) is 0 Å². The highest BCUT2D eigenvalue weighted by atomic mass is 19.4. The third-order valence-electron chi connectivity index (χ3n) is 4.84. The molecule has 0 aliphatic carbocycles. The van der Waals surface area contributed by atoms with Gasteiger partial charge in [-0.3, -0.25) is 9.59 Å². The summed E-state index contributed by atoms with van der Waals surface area (Å²) in [4.78, 5) is 26.7. The molecule has 0 aromatic heterocycles. The van der Waals surface area contributed by atoms with Gasteiger partial charge in [-0.25, -0.2) is 0 Å². The standard InChI is InChI=1S/C18H22F3N3O2/c19-18(20,21)12-24-11-14(10-16(24)25)17(26)22-7-3-8-23-9-6-13-4-1-2-5-15(13)23/h1-2,4-5,14H,3,6-12H2,(H,22,26)/t14-/m0/s1. The van der Waals surface area contributed by atoms with Crippen LogP contribution in [0.3, 0.4) is 0 Å².